The Kier molecular flexibility index (Phi) is 7.82. The van der Waals surface area contributed by atoms with Crippen LogP contribution in [0.4, 0.5) is 0 Å². The second kappa shape index (κ2) is 13.8. The summed E-state index contributed by atoms with van der Waals surface area (Å²) >= 11 is 0. The molecule has 0 saturated carbocycles. The molecule has 60 heavy (non-hydrogen) atoms. The highest BCUT2D eigenvalue weighted by Gasteiger charge is 2.21. The zero-order chi connectivity index (χ0) is 39.6. The van der Waals surface area contributed by atoms with Crippen molar-refractivity contribution >= 4 is 54.4 Å². The average molecular weight is 765 g/mol. The highest BCUT2D eigenvalue weighted by molar-refractivity contribution is 6.29. The Morgan fingerprint density at radius 2 is 0.783 bits per heavy atom. The molecule has 0 atom stereocenters. The van der Waals surface area contributed by atoms with Gasteiger partial charge in [-0.1, -0.05) is 158 Å². The van der Waals surface area contributed by atoms with Gasteiger partial charge in [-0.2, -0.15) is 0 Å². The molecule has 0 amide bonds. The van der Waals surface area contributed by atoms with E-state index in [2.05, 4.69) is 215 Å². The molecule has 0 radical (unpaired) electrons. The number of hydrogen-bond donors (Lipinski definition) is 0. The summed E-state index contributed by atoms with van der Waals surface area (Å²) in [5, 5.41) is 7.27. The topological polar surface area (TPSA) is 35.6 Å². The first-order valence-electron chi connectivity index (χ1n) is 20.4. The van der Waals surface area contributed by atoms with Crippen molar-refractivity contribution in [2.45, 2.75) is 0 Å². The molecule has 0 bridgehead atoms. The summed E-state index contributed by atoms with van der Waals surface area (Å²) in [7, 11) is 0. The number of benzene rings is 9. The molecular weight excluding hydrogens is 729 g/mol. The Bertz CT molecular complexity index is 3530. The van der Waals surface area contributed by atoms with E-state index in [0.29, 0.717) is 5.82 Å². The van der Waals surface area contributed by atoms with E-state index in [1.54, 1.807) is 0 Å². The average Bonchev–Trinajstić information content (AvgIpc) is 3.85. The fourth-order valence-electron chi connectivity index (χ4n) is 9.13. The predicted octanol–water partition coefficient (Wildman–Crippen LogP) is 14.5. The van der Waals surface area contributed by atoms with Gasteiger partial charge in [-0.3, -0.25) is 0 Å². The highest BCUT2D eigenvalue weighted by Crippen LogP contribution is 2.43. The minimum absolute atomic E-state index is 0.701. The van der Waals surface area contributed by atoms with Crippen LogP contribution >= 0.6 is 0 Å². The van der Waals surface area contributed by atoms with Gasteiger partial charge in [0, 0.05) is 49.6 Å². The van der Waals surface area contributed by atoms with E-state index in [-0.39, 0.29) is 0 Å². The van der Waals surface area contributed by atoms with Gasteiger partial charge in [-0.05, 0) is 82.6 Å². The van der Waals surface area contributed by atoms with Gasteiger partial charge in [0.1, 0.15) is 0 Å². The van der Waals surface area contributed by atoms with Crippen LogP contribution in [-0.4, -0.2) is 19.1 Å². The third-order valence-corrected chi connectivity index (χ3v) is 11.9. The largest absolute Gasteiger partial charge is 0.309 e. The third kappa shape index (κ3) is 5.53. The van der Waals surface area contributed by atoms with Gasteiger partial charge in [0.2, 0.25) is 0 Å². The molecular formula is C56H36N4. The summed E-state index contributed by atoms with van der Waals surface area (Å²) < 4.78 is 4.86. The van der Waals surface area contributed by atoms with Crippen LogP contribution in [0.5, 0.6) is 0 Å². The van der Waals surface area contributed by atoms with Crippen molar-refractivity contribution in [3.8, 4) is 56.4 Å². The fraction of sp³-hybridized carbons (Fsp3) is 0. The highest BCUT2D eigenvalue weighted by atomic mass is 15.0. The maximum atomic E-state index is 5.14. The normalized spacial score (nSPS) is 11.7. The lowest BCUT2D eigenvalue weighted by atomic mass is 10.0. The molecule has 0 spiro atoms. The molecule has 12 rings (SSSR count). The third-order valence-electron chi connectivity index (χ3n) is 11.9. The second-order valence-electron chi connectivity index (χ2n) is 15.4. The summed E-state index contributed by atoms with van der Waals surface area (Å²) in [5.74, 6) is 0.701. The summed E-state index contributed by atoms with van der Waals surface area (Å²) in [5.41, 5.74) is 14.3. The van der Waals surface area contributed by atoms with Crippen LogP contribution in [0.15, 0.2) is 218 Å². The lowest BCUT2D eigenvalue weighted by Crippen LogP contribution is -1.96. The quantitative estimate of drug-likeness (QED) is 0.169. The van der Waals surface area contributed by atoms with Crippen molar-refractivity contribution in [1.29, 1.82) is 0 Å². The van der Waals surface area contributed by atoms with Gasteiger partial charge in [0.25, 0.3) is 0 Å². The Balaban J connectivity index is 1.04. The van der Waals surface area contributed by atoms with E-state index in [9.17, 15) is 0 Å². The second-order valence-corrected chi connectivity index (χ2v) is 15.4. The Labute approximate surface area is 346 Å². The van der Waals surface area contributed by atoms with Crippen molar-refractivity contribution in [3.05, 3.63) is 218 Å². The first-order valence-corrected chi connectivity index (χ1v) is 20.4. The van der Waals surface area contributed by atoms with Crippen molar-refractivity contribution in [2.75, 3.05) is 0 Å². The minimum Gasteiger partial charge on any atom is -0.309 e. The van der Waals surface area contributed by atoms with Crippen LogP contribution in [0.1, 0.15) is 0 Å². The van der Waals surface area contributed by atoms with E-state index < -0.39 is 0 Å². The number of hydrogen-bond acceptors (Lipinski definition) is 2. The molecule has 0 saturated heterocycles. The van der Waals surface area contributed by atoms with E-state index in [0.717, 1.165) is 50.2 Å². The number of rotatable bonds is 6. The molecule has 0 fully saturated rings. The molecule has 9 aromatic carbocycles. The zero-order valence-electron chi connectivity index (χ0n) is 32.6. The van der Waals surface area contributed by atoms with Crippen LogP contribution in [-0.2, 0) is 0 Å². The van der Waals surface area contributed by atoms with Crippen molar-refractivity contribution in [3.63, 3.8) is 0 Å². The number of fused-ring (bicyclic) bond motifs is 8. The van der Waals surface area contributed by atoms with E-state index >= 15 is 0 Å². The van der Waals surface area contributed by atoms with Gasteiger partial charge in [0.15, 0.2) is 5.82 Å². The molecule has 0 aliphatic carbocycles. The SMILES string of the molecule is c1ccc(-c2cccc(-n3c4ccccc4c4c5c6ccccc6n(-c6ccc7ccc(-c8nc(-c9ccccc9)cc(-c9ccccc9)n8)cc7c6)c5ccc43)c2)cc1. The number of nitrogens with zero attached hydrogens (tertiary/aromatic N) is 4. The van der Waals surface area contributed by atoms with Crippen molar-refractivity contribution < 1.29 is 0 Å². The van der Waals surface area contributed by atoms with Gasteiger partial charge in [0.05, 0.1) is 33.5 Å². The van der Waals surface area contributed by atoms with Gasteiger partial charge in [-0.15, -0.1) is 0 Å². The Morgan fingerprint density at radius 3 is 1.38 bits per heavy atom. The first-order chi connectivity index (χ1) is 29.7. The van der Waals surface area contributed by atoms with Crippen LogP contribution in [0.3, 0.4) is 0 Å². The molecule has 0 aliphatic rings. The maximum absolute atomic E-state index is 5.14. The monoisotopic (exact) mass is 764 g/mol. The molecule has 0 N–H and O–H groups in total. The van der Waals surface area contributed by atoms with E-state index in [1.807, 2.05) is 12.1 Å². The standard InChI is InChI=1S/C56H36N4/c1-4-15-37(16-5-1)41-21-14-22-44(34-41)59-50-25-12-10-23-46(50)54-52(59)31-32-53-55(54)47-24-11-13-26-51(47)60(53)45-30-29-38-27-28-42(33-43(38)35-45)56-57-48(39-17-6-2-7-18-39)36-49(58-56)40-19-8-3-9-20-40/h1-36H. The van der Waals surface area contributed by atoms with Crippen molar-refractivity contribution in [2.24, 2.45) is 0 Å². The first kappa shape index (κ1) is 34.0. The molecule has 0 unspecified atom stereocenters. The Morgan fingerprint density at radius 1 is 0.283 bits per heavy atom. The molecule has 280 valence electrons. The molecule has 12 aromatic rings. The summed E-state index contributed by atoms with van der Waals surface area (Å²) in [6.07, 6.45) is 0. The molecule has 3 heterocycles. The molecule has 0 aliphatic heterocycles. The lowest BCUT2D eigenvalue weighted by Gasteiger charge is -2.12. The minimum atomic E-state index is 0.701. The Hall–Kier alpha value is -8.08. The van der Waals surface area contributed by atoms with Crippen LogP contribution < -0.4 is 0 Å². The summed E-state index contributed by atoms with van der Waals surface area (Å²) in [6, 6.07) is 78.0. The predicted molar refractivity (Wildman–Crippen MR) is 250 cm³/mol. The van der Waals surface area contributed by atoms with E-state index in [1.165, 1.54) is 54.7 Å². The van der Waals surface area contributed by atoms with Gasteiger partial charge >= 0.3 is 0 Å². The number of aromatic nitrogens is 4. The van der Waals surface area contributed by atoms with Crippen LogP contribution in [0, 0.1) is 0 Å². The smallest absolute Gasteiger partial charge is 0.160 e. The number of para-hydroxylation sites is 2. The summed E-state index contributed by atoms with van der Waals surface area (Å²) in [4.78, 5) is 10.3. The fourth-order valence-corrected chi connectivity index (χ4v) is 9.13. The zero-order valence-corrected chi connectivity index (χ0v) is 32.6. The maximum Gasteiger partial charge on any atom is 0.160 e. The van der Waals surface area contributed by atoms with E-state index in [4.69, 9.17) is 9.97 Å². The molecule has 4 heteroatoms. The summed E-state index contributed by atoms with van der Waals surface area (Å²) in [6.45, 7) is 0. The van der Waals surface area contributed by atoms with Crippen LogP contribution in [0.25, 0.3) is 111 Å². The van der Waals surface area contributed by atoms with Gasteiger partial charge in [-0.25, -0.2) is 9.97 Å². The van der Waals surface area contributed by atoms with Gasteiger partial charge < -0.3 is 9.13 Å². The van der Waals surface area contributed by atoms with Crippen LogP contribution in [0.2, 0.25) is 0 Å². The molecule has 3 aromatic heterocycles. The lowest BCUT2D eigenvalue weighted by molar-refractivity contribution is 1.17. The van der Waals surface area contributed by atoms with Crippen molar-refractivity contribution in [1.82, 2.24) is 19.1 Å². The molecule has 4 nitrogen and oxygen atoms in total.